The minimum atomic E-state index is -0.0162. The molecule has 1 rings (SSSR count). The van der Waals surface area contributed by atoms with E-state index in [0.717, 1.165) is 16.7 Å². The topological polar surface area (TPSA) is 50.8 Å². The first-order chi connectivity index (χ1) is 8.12. The smallest absolute Gasteiger partial charge is 0.0992 e. The number of rotatable bonds is 4. The third-order valence-electron chi connectivity index (χ3n) is 2.51. The van der Waals surface area contributed by atoms with Gasteiger partial charge in [-0.05, 0) is 48.0 Å². The van der Waals surface area contributed by atoms with Crippen LogP contribution in [-0.4, -0.2) is 13.1 Å². The third kappa shape index (κ3) is 3.47. The molecule has 0 aliphatic rings. The van der Waals surface area contributed by atoms with E-state index in [1.807, 2.05) is 13.0 Å². The van der Waals surface area contributed by atoms with Gasteiger partial charge in [0.05, 0.1) is 29.3 Å². The summed E-state index contributed by atoms with van der Waals surface area (Å²) in [7, 11) is 0. The fourth-order valence-electron chi connectivity index (χ4n) is 1.60. The van der Waals surface area contributed by atoms with Crippen LogP contribution in [0, 0.1) is 28.6 Å². The molecule has 0 aliphatic heterocycles. The number of halogens is 1. The number of nitrogens with zero attached hydrogens (tertiary/aromatic N) is 3. The SMILES string of the molecule is CCN(CC(C)C#N)c1ccc(C#N)cc1Br. The van der Waals surface area contributed by atoms with Crippen molar-refractivity contribution in [1.82, 2.24) is 0 Å². The lowest BCUT2D eigenvalue weighted by Crippen LogP contribution is -2.28. The molecule has 0 saturated carbocycles. The highest BCUT2D eigenvalue weighted by atomic mass is 79.9. The summed E-state index contributed by atoms with van der Waals surface area (Å²) in [6.45, 7) is 5.48. The van der Waals surface area contributed by atoms with E-state index in [4.69, 9.17) is 10.5 Å². The average Bonchev–Trinajstić information content (AvgIpc) is 2.35. The first-order valence-electron chi connectivity index (χ1n) is 5.46. The summed E-state index contributed by atoms with van der Waals surface area (Å²) < 4.78 is 0.892. The van der Waals surface area contributed by atoms with Gasteiger partial charge in [0, 0.05) is 17.6 Å². The molecule has 1 atom stereocenters. The molecule has 88 valence electrons. The fourth-order valence-corrected chi connectivity index (χ4v) is 2.23. The van der Waals surface area contributed by atoms with E-state index in [0.29, 0.717) is 12.1 Å². The molecule has 0 aliphatic carbocycles. The van der Waals surface area contributed by atoms with Gasteiger partial charge in [0.15, 0.2) is 0 Å². The third-order valence-corrected chi connectivity index (χ3v) is 3.15. The number of benzene rings is 1. The Morgan fingerprint density at radius 3 is 2.59 bits per heavy atom. The predicted octanol–water partition coefficient (Wildman–Crippen LogP) is 3.31. The second kappa shape index (κ2) is 6.27. The summed E-state index contributed by atoms with van der Waals surface area (Å²) in [5.41, 5.74) is 1.65. The molecule has 0 aromatic heterocycles. The summed E-state index contributed by atoms with van der Waals surface area (Å²) in [5.74, 6) is -0.0162. The first-order valence-corrected chi connectivity index (χ1v) is 6.25. The van der Waals surface area contributed by atoms with E-state index < -0.39 is 0 Å². The molecular formula is C13H14BrN3. The summed E-state index contributed by atoms with van der Waals surface area (Å²) in [5, 5.41) is 17.7. The molecule has 1 aromatic rings. The maximum Gasteiger partial charge on any atom is 0.0992 e. The highest BCUT2D eigenvalue weighted by molar-refractivity contribution is 9.10. The van der Waals surface area contributed by atoms with Crippen LogP contribution in [-0.2, 0) is 0 Å². The van der Waals surface area contributed by atoms with Crippen LogP contribution in [0.25, 0.3) is 0 Å². The maximum absolute atomic E-state index is 8.85. The van der Waals surface area contributed by atoms with Crippen molar-refractivity contribution in [2.24, 2.45) is 5.92 Å². The molecule has 1 aromatic carbocycles. The zero-order chi connectivity index (χ0) is 12.8. The van der Waals surface area contributed by atoms with Gasteiger partial charge in [-0.25, -0.2) is 0 Å². The molecule has 3 nitrogen and oxygen atoms in total. The zero-order valence-corrected chi connectivity index (χ0v) is 11.5. The molecule has 0 radical (unpaired) electrons. The molecule has 17 heavy (non-hydrogen) atoms. The quantitative estimate of drug-likeness (QED) is 0.855. The van der Waals surface area contributed by atoms with Crippen molar-refractivity contribution in [2.75, 3.05) is 18.0 Å². The van der Waals surface area contributed by atoms with Gasteiger partial charge < -0.3 is 4.90 Å². The van der Waals surface area contributed by atoms with E-state index in [2.05, 4.69) is 39.9 Å². The second-order valence-electron chi connectivity index (χ2n) is 3.85. The van der Waals surface area contributed by atoms with Gasteiger partial charge in [-0.1, -0.05) is 0 Å². The Hall–Kier alpha value is -1.52. The standard InChI is InChI=1S/C13H14BrN3/c1-3-17(9-10(2)7-15)13-5-4-11(8-16)6-12(13)14/h4-6,10H,3,9H2,1-2H3. The van der Waals surface area contributed by atoms with E-state index in [9.17, 15) is 0 Å². The van der Waals surface area contributed by atoms with E-state index in [1.54, 1.807) is 12.1 Å². The molecular weight excluding hydrogens is 278 g/mol. The second-order valence-corrected chi connectivity index (χ2v) is 4.70. The van der Waals surface area contributed by atoms with E-state index in [-0.39, 0.29) is 5.92 Å². The van der Waals surface area contributed by atoms with Crippen molar-refractivity contribution in [3.05, 3.63) is 28.2 Å². The molecule has 0 heterocycles. The lowest BCUT2D eigenvalue weighted by atomic mass is 10.1. The summed E-state index contributed by atoms with van der Waals surface area (Å²) in [6, 6.07) is 9.84. The van der Waals surface area contributed by atoms with E-state index >= 15 is 0 Å². The average molecular weight is 292 g/mol. The Bertz CT molecular complexity index is 471. The fraction of sp³-hybridized carbons (Fsp3) is 0.385. The highest BCUT2D eigenvalue weighted by Crippen LogP contribution is 2.27. The molecule has 0 amide bonds. The van der Waals surface area contributed by atoms with Crippen molar-refractivity contribution in [3.63, 3.8) is 0 Å². The number of nitriles is 2. The van der Waals surface area contributed by atoms with Crippen LogP contribution in [0.4, 0.5) is 5.69 Å². The first kappa shape index (κ1) is 13.5. The normalized spacial score (nSPS) is 11.4. The van der Waals surface area contributed by atoms with Crippen molar-refractivity contribution < 1.29 is 0 Å². The van der Waals surface area contributed by atoms with Crippen molar-refractivity contribution >= 4 is 21.6 Å². The Kier molecular flexibility index (Phi) is 5.00. The minimum Gasteiger partial charge on any atom is -0.370 e. The Morgan fingerprint density at radius 2 is 2.12 bits per heavy atom. The van der Waals surface area contributed by atoms with Crippen LogP contribution in [0.1, 0.15) is 19.4 Å². The molecule has 0 spiro atoms. The maximum atomic E-state index is 8.85. The molecule has 0 fully saturated rings. The summed E-state index contributed by atoms with van der Waals surface area (Å²) in [4.78, 5) is 2.12. The van der Waals surface area contributed by atoms with Crippen molar-refractivity contribution in [2.45, 2.75) is 13.8 Å². The lowest BCUT2D eigenvalue weighted by Gasteiger charge is -2.25. The zero-order valence-electron chi connectivity index (χ0n) is 9.94. The van der Waals surface area contributed by atoms with Gasteiger partial charge in [0.25, 0.3) is 0 Å². The van der Waals surface area contributed by atoms with Crippen LogP contribution in [0.2, 0.25) is 0 Å². The lowest BCUT2D eigenvalue weighted by molar-refractivity contribution is 0.685. The number of hydrogen-bond donors (Lipinski definition) is 0. The van der Waals surface area contributed by atoms with Gasteiger partial charge in [0.1, 0.15) is 0 Å². The number of anilines is 1. The van der Waals surface area contributed by atoms with Gasteiger partial charge in [-0.2, -0.15) is 10.5 Å². The largest absolute Gasteiger partial charge is 0.370 e. The summed E-state index contributed by atoms with van der Waals surface area (Å²) in [6.07, 6.45) is 0. The van der Waals surface area contributed by atoms with Crippen LogP contribution in [0.5, 0.6) is 0 Å². The molecule has 4 heteroatoms. The van der Waals surface area contributed by atoms with Crippen LogP contribution >= 0.6 is 15.9 Å². The number of hydrogen-bond acceptors (Lipinski definition) is 3. The van der Waals surface area contributed by atoms with Crippen molar-refractivity contribution in [3.8, 4) is 12.1 Å². The monoisotopic (exact) mass is 291 g/mol. The van der Waals surface area contributed by atoms with E-state index in [1.165, 1.54) is 0 Å². The molecule has 0 saturated heterocycles. The Labute approximate surface area is 110 Å². The Balaban J connectivity index is 2.98. The minimum absolute atomic E-state index is 0.0162. The Morgan fingerprint density at radius 1 is 1.41 bits per heavy atom. The van der Waals surface area contributed by atoms with Gasteiger partial charge in [-0.15, -0.1) is 0 Å². The van der Waals surface area contributed by atoms with Gasteiger partial charge in [-0.3, -0.25) is 0 Å². The predicted molar refractivity (Wildman–Crippen MR) is 71.5 cm³/mol. The summed E-state index contributed by atoms with van der Waals surface area (Å²) >= 11 is 3.47. The molecule has 0 N–H and O–H groups in total. The van der Waals surface area contributed by atoms with Crippen LogP contribution in [0.15, 0.2) is 22.7 Å². The van der Waals surface area contributed by atoms with Crippen molar-refractivity contribution in [1.29, 1.82) is 10.5 Å². The van der Waals surface area contributed by atoms with Crippen LogP contribution in [0.3, 0.4) is 0 Å². The van der Waals surface area contributed by atoms with Gasteiger partial charge >= 0.3 is 0 Å². The molecule has 0 bridgehead atoms. The highest BCUT2D eigenvalue weighted by Gasteiger charge is 2.12. The molecule has 1 unspecified atom stereocenters. The van der Waals surface area contributed by atoms with Crippen LogP contribution < -0.4 is 4.90 Å². The van der Waals surface area contributed by atoms with Gasteiger partial charge in [0.2, 0.25) is 0 Å².